The molecule has 118 valence electrons. The summed E-state index contributed by atoms with van der Waals surface area (Å²) < 4.78 is 25.7. The molecule has 2 unspecified atom stereocenters. The first-order valence-electron chi connectivity index (χ1n) is 6.47. The van der Waals surface area contributed by atoms with Gasteiger partial charge in [-0.25, -0.2) is 13.1 Å². The van der Waals surface area contributed by atoms with Gasteiger partial charge in [-0.2, -0.15) is 0 Å². The van der Waals surface area contributed by atoms with Crippen molar-refractivity contribution in [2.24, 2.45) is 5.92 Å². The number of alkyl halides is 1. The highest BCUT2D eigenvalue weighted by Gasteiger charge is 2.29. The first-order chi connectivity index (χ1) is 9.61. The van der Waals surface area contributed by atoms with Crippen molar-refractivity contribution in [1.82, 2.24) is 4.72 Å². The van der Waals surface area contributed by atoms with E-state index in [0.717, 1.165) is 6.07 Å². The number of nitro groups is 1. The Bertz CT molecular complexity index is 621. The lowest BCUT2D eigenvalue weighted by atomic mass is 9.85. The summed E-state index contributed by atoms with van der Waals surface area (Å²) in [4.78, 5) is 10.7. The molecule has 0 heterocycles. The summed E-state index contributed by atoms with van der Waals surface area (Å²) in [6.07, 6.45) is 0. The van der Waals surface area contributed by atoms with E-state index in [2.05, 4.69) is 20.7 Å². The molecule has 0 aliphatic heterocycles. The molecule has 0 spiro atoms. The maximum atomic E-state index is 11.8. The molecule has 0 aliphatic rings. The van der Waals surface area contributed by atoms with Gasteiger partial charge in [0.15, 0.2) is 0 Å². The molecule has 1 aromatic carbocycles. The van der Waals surface area contributed by atoms with E-state index in [1.165, 1.54) is 19.2 Å². The Hall–Kier alpha value is -0.990. The molecule has 0 bridgehead atoms. The minimum atomic E-state index is -3.70. The largest absolute Gasteiger partial charge is 0.274 e. The molecule has 0 saturated heterocycles. The van der Waals surface area contributed by atoms with Crippen LogP contribution >= 0.6 is 15.9 Å². The Kier molecular flexibility index (Phi) is 5.89. The fourth-order valence-electron chi connectivity index (χ4n) is 2.39. The second-order valence-corrected chi connectivity index (χ2v) is 8.46. The number of nitrogens with one attached hydrogen (secondary N) is 1. The van der Waals surface area contributed by atoms with Gasteiger partial charge in [0.25, 0.3) is 5.69 Å². The maximum absolute atomic E-state index is 11.8. The zero-order valence-electron chi connectivity index (χ0n) is 12.3. The van der Waals surface area contributed by atoms with Gasteiger partial charge in [0.2, 0.25) is 10.0 Å². The Morgan fingerprint density at radius 2 is 1.86 bits per heavy atom. The molecule has 0 radical (unpaired) electrons. The number of sulfonamides is 1. The van der Waals surface area contributed by atoms with Gasteiger partial charge in [0, 0.05) is 22.4 Å². The van der Waals surface area contributed by atoms with Gasteiger partial charge in [0.1, 0.15) is 0 Å². The predicted molar refractivity (Wildman–Crippen MR) is 85.3 cm³/mol. The number of hydrogen-bond acceptors (Lipinski definition) is 4. The van der Waals surface area contributed by atoms with Crippen LogP contribution in [0.2, 0.25) is 0 Å². The molecule has 0 saturated carbocycles. The first kappa shape index (κ1) is 18.1. The topological polar surface area (TPSA) is 89.3 Å². The monoisotopic (exact) mass is 378 g/mol. The normalized spacial score (nSPS) is 15.0. The Morgan fingerprint density at radius 1 is 1.29 bits per heavy atom. The summed E-state index contributed by atoms with van der Waals surface area (Å²) in [6, 6.07) is 4.05. The van der Waals surface area contributed by atoms with Crippen LogP contribution in [0.15, 0.2) is 23.1 Å². The van der Waals surface area contributed by atoms with Gasteiger partial charge in [-0.1, -0.05) is 42.8 Å². The van der Waals surface area contributed by atoms with Gasteiger partial charge in [-0.05, 0) is 19.0 Å². The number of benzene rings is 1. The highest BCUT2D eigenvalue weighted by atomic mass is 79.9. The molecule has 0 amide bonds. The van der Waals surface area contributed by atoms with Crippen LogP contribution in [0.4, 0.5) is 5.69 Å². The average Bonchev–Trinajstić information content (AvgIpc) is 2.37. The molecule has 0 aliphatic carbocycles. The van der Waals surface area contributed by atoms with Crippen LogP contribution in [0.25, 0.3) is 0 Å². The van der Waals surface area contributed by atoms with E-state index in [1.807, 2.05) is 20.8 Å². The van der Waals surface area contributed by atoms with Gasteiger partial charge in [0.05, 0.1) is 9.82 Å². The van der Waals surface area contributed by atoms with E-state index >= 15 is 0 Å². The maximum Gasteiger partial charge on any atom is 0.274 e. The summed E-state index contributed by atoms with van der Waals surface area (Å²) in [6.45, 7) is 5.88. The second-order valence-electron chi connectivity index (χ2n) is 5.13. The molecular formula is C13H19BrN2O4S. The van der Waals surface area contributed by atoms with Crippen LogP contribution in [0, 0.1) is 16.0 Å². The van der Waals surface area contributed by atoms with E-state index in [0.29, 0.717) is 5.56 Å². The predicted octanol–water partition coefficient (Wildman–Crippen LogP) is 3.03. The quantitative estimate of drug-likeness (QED) is 0.467. The van der Waals surface area contributed by atoms with Crippen LogP contribution in [-0.2, 0) is 10.0 Å². The Morgan fingerprint density at radius 3 is 2.24 bits per heavy atom. The molecular weight excluding hydrogens is 360 g/mol. The van der Waals surface area contributed by atoms with Crippen LogP contribution in [-0.4, -0.2) is 25.2 Å². The number of halogens is 1. The van der Waals surface area contributed by atoms with Gasteiger partial charge < -0.3 is 0 Å². The van der Waals surface area contributed by atoms with Crippen molar-refractivity contribution in [2.75, 3.05) is 7.05 Å². The smallest absolute Gasteiger partial charge is 0.258 e. The molecule has 2 atom stereocenters. The SMILES string of the molecule is CNS(=O)(=O)c1ccc(C(C(C)C)C(C)Br)c([N+](=O)[O-])c1. The highest BCUT2D eigenvalue weighted by Crippen LogP contribution is 2.38. The van der Waals surface area contributed by atoms with Crippen molar-refractivity contribution in [3.63, 3.8) is 0 Å². The van der Waals surface area contributed by atoms with E-state index in [4.69, 9.17) is 0 Å². The second kappa shape index (κ2) is 6.85. The lowest BCUT2D eigenvalue weighted by Crippen LogP contribution is -2.20. The molecule has 0 aromatic heterocycles. The molecule has 1 rings (SSSR count). The third-order valence-corrected chi connectivity index (χ3v) is 5.33. The van der Waals surface area contributed by atoms with Crippen molar-refractivity contribution in [3.8, 4) is 0 Å². The van der Waals surface area contributed by atoms with Crippen molar-refractivity contribution >= 4 is 31.6 Å². The van der Waals surface area contributed by atoms with Crippen LogP contribution in [0.1, 0.15) is 32.3 Å². The molecule has 21 heavy (non-hydrogen) atoms. The fourth-order valence-corrected chi connectivity index (χ4v) is 4.03. The number of nitrogens with zero attached hydrogens (tertiary/aromatic N) is 1. The molecule has 6 nitrogen and oxygen atoms in total. The summed E-state index contributed by atoms with van der Waals surface area (Å²) in [5.74, 6) is 0.0848. The highest BCUT2D eigenvalue weighted by molar-refractivity contribution is 9.09. The molecule has 0 fully saturated rings. The van der Waals surface area contributed by atoms with Crippen molar-refractivity contribution < 1.29 is 13.3 Å². The molecule has 1 aromatic rings. The first-order valence-corrected chi connectivity index (χ1v) is 8.87. The van der Waals surface area contributed by atoms with Gasteiger partial charge >= 0.3 is 0 Å². The standard InChI is InChI=1S/C13H19BrN2O4S/c1-8(2)13(9(3)14)11-6-5-10(21(19,20)15-4)7-12(11)16(17)18/h5-9,13,15H,1-4H3. The summed E-state index contributed by atoms with van der Waals surface area (Å²) in [7, 11) is -2.43. The Labute approximate surface area is 133 Å². The minimum Gasteiger partial charge on any atom is -0.258 e. The van der Waals surface area contributed by atoms with Crippen LogP contribution in [0.3, 0.4) is 0 Å². The third kappa shape index (κ3) is 4.02. The van der Waals surface area contributed by atoms with Crippen LogP contribution < -0.4 is 4.72 Å². The number of nitro benzene ring substituents is 1. The lowest BCUT2D eigenvalue weighted by molar-refractivity contribution is -0.386. The number of hydrogen-bond donors (Lipinski definition) is 1. The fraction of sp³-hybridized carbons (Fsp3) is 0.538. The zero-order valence-corrected chi connectivity index (χ0v) is 14.7. The zero-order chi connectivity index (χ0) is 16.4. The summed E-state index contributed by atoms with van der Waals surface area (Å²) in [5, 5.41) is 11.3. The van der Waals surface area contributed by atoms with E-state index in [1.54, 1.807) is 0 Å². The summed E-state index contributed by atoms with van der Waals surface area (Å²) >= 11 is 3.48. The van der Waals surface area contributed by atoms with Gasteiger partial charge in [-0.3, -0.25) is 10.1 Å². The van der Waals surface area contributed by atoms with Crippen molar-refractivity contribution in [2.45, 2.75) is 36.4 Å². The molecule has 8 heteroatoms. The van der Waals surface area contributed by atoms with Gasteiger partial charge in [-0.15, -0.1) is 0 Å². The minimum absolute atomic E-state index is 0.0305. The Balaban J connectivity index is 3.52. The third-order valence-electron chi connectivity index (χ3n) is 3.35. The van der Waals surface area contributed by atoms with E-state index in [-0.39, 0.29) is 27.2 Å². The number of rotatable bonds is 6. The van der Waals surface area contributed by atoms with Crippen molar-refractivity contribution in [1.29, 1.82) is 0 Å². The van der Waals surface area contributed by atoms with Crippen molar-refractivity contribution in [3.05, 3.63) is 33.9 Å². The lowest BCUT2D eigenvalue weighted by Gasteiger charge is -2.24. The van der Waals surface area contributed by atoms with E-state index in [9.17, 15) is 18.5 Å². The molecule has 1 N–H and O–H groups in total. The average molecular weight is 379 g/mol. The summed E-state index contributed by atoms with van der Waals surface area (Å²) in [5.41, 5.74) is 0.366. The van der Waals surface area contributed by atoms with Crippen LogP contribution in [0.5, 0.6) is 0 Å². The van der Waals surface area contributed by atoms with E-state index < -0.39 is 14.9 Å².